The standard InChI is InChI=1S/C27H47NO5/c1-27(33,18-9-3-2-7-13-25(30)28-20-10-5-11-21-28)19-17-22-15-16-24(29)23(22)12-6-4-8-14-26(31)32/h17,19,22-24,29,33H,2-16,18,20-21H2,1H3,(H,31,32). The Morgan fingerprint density at radius 3 is 2.33 bits per heavy atom. The largest absolute Gasteiger partial charge is 0.481 e. The third kappa shape index (κ3) is 11.0. The molecule has 2 rings (SSSR count). The molecule has 1 aliphatic heterocycles. The SMILES string of the molecule is CC(O)(C=CC1CCC(O)C1CCCCCC(=O)O)CCCCCCC(=O)N1CCCCC1. The highest BCUT2D eigenvalue weighted by Gasteiger charge is 2.33. The molecule has 4 unspecified atom stereocenters. The second-order valence-corrected chi connectivity index (χ2v) is 10.5. The van der Waals surface area contributed by atoms with Crippen molar-refractivity contribution in [3.8, 4) is 0 Å². The van der Waals surface area contributed by atoms with Crippen LogP contribution >= 0.6 is 0 Å². The number of aliphatic hydroxyl groups excluding tert-OH is 1. The monoisotopic (exact) mass is 465 g/mol. The summed E-state index contributed by atoms with van der Waals surface area (Å²) in [6.45, 7) is 3.71. The van der Waals surface area contributed by atoms with E-state index in [4.69, 9.17) is 5.11 Å². The van der Waals surface area contributed by atoms with Gasteiger partial charge in [0.05, 0.1) is 11.7 Å². The maximum Gasteiger partial charge on any atom is 0.303 e. The van der Waals surface area contributed by atoms with Crippen molar-refractivity contribution >= 4 is 11.9 Å². The summed E-state index contributed by atoms with van der Waals surface area (Å²) in [6, 6.07) is 0. The number of hydrogen-bond donors (Lipinski definition) is 3. The Balaban J connectivity index is 1.61. The summed E-state index contributed by atoms with van der Waals surface area (Å²) in [4.78, 5) is 24.9. The number of amides is 1. The Hall–Kier alpha value is -1.40. The predicted octanol–water partition coefficient (Wildman–Crippen LogP) is 5.07. The first-order chi connectivity index (χ1) is 15.8. The fourth-order valence-electron chi connectivity index (χ4n) is 5.38. The van der Waals surface area contributed by atoms with Gasteiger partial charge in [0.25, 0.3) is 0 Å². The smallest absolute Gasteiger partial charge is 0.303 e. The van der Waals surface area contributed by atoms with Crippen molar-refractivity contribution in [1.29, 1.82) is 0 Å². The quantitative estimate of drug-likeness (QED) is 0.232. The van der Waals surface area contributed by atoms with Gasteiger partial charge in [0.1, 0.15) is 0 Å². The van der Waals surface area contributed by atoms with Crippen molar-refractivity contribution in [3.05, 3.63) is 12.2 Å². The molecule has 1 saturated heterocycles. The molecule has 1 heterocycles. The van der Waals surface area contributed by atoms with E-state index in [1.54, 1.807) is 0 Å². The van der Waals surface area contributed by atoms with Crippen molar-refractivity contribution in [2.45, 2.75) is 121 Å². The van der Waals surface area contributed by atoms with Crippen LogP contribution in [0.2, 0.25) is 0 Å². The highest BCUT2D eigenvalue weighted by atomic mass is 16.4. The number of nitrogens with zero attached hydrogens (tertiary/aromatic N) is 1. The zero-order valence-electron chi connectivity index (χ0n) is 20.7. The minimum atomic E-state index is -0.844. The third-order valence-corrected chi connectivity index (χ3v) is 7.50. The molecule has 190 valence electrons. The number of hydrogen-bond acceptors (Lipinski definition) is 4. The number of aliphatic hydroxyl groups is 2. The maximum atomic E-state index is 12.2. The lowest BCUT2D eigenvalue weighted by Crippen LogP contribution is -2.35. The molecule has 0 aromatic heterocycles. The zero-order valence-corrected chi connectivity index (χ0v) is 20.7. The van der Waals surface area contributed by atoms with Crippen molar-refractivity contribution in [2.75, 3.05) is 13.1 Å². The summed E-state index contributed by atoms with van der Waals surface area (Å²) < 4.78 is 0. The Morgan fingerprint density at radius 1 is 0.939 bits per heavy atom. The van der Waals surface area contributed by atoms with E-state index in [2.05, 4.69) is 6.08 Å². The van der Waals surface area contributed by atoms with Crippen LogP contribution in [0.5, 0.6) is 0 Å². The summed E-state index contributed by atoms with van der Waals surface area (Å²) in [7, 11) is 0. The van der Waals surface area contributed by atoms with E-state index in [0.717, 1.165) is 83.7 Å². The van der Waals surface area contributed by atoms with Crippen LogP contribution in [0, 0.1) is 11.8 Å². The Kier molecular flexibility index (Phi) is 12.5. The third-order valence-electron chi connectivity index (χ3n) is 7.50. The zero-order chi connectivity index (χ0) is 24.1. The summed E-state index contributed by atoms with van der Waals surface area (Å²) >= 11 is 0. The van der Waals surface area contributed by atoms with Crippen LogP contribution in [-0.2, 0) is 9.59 Å². The van der Waals surface area contributed by atoms with E-state index in [9.17, 15) is 19.8 Å². The van der Waals surface area contributed by atoms with E-state index in [0.29, 0.717) is 25.2 Å². The van der Waals surface area contributed by atoms with E-state index in [-0.39, 0.29) is 24.4 Å². The number of carboxylic acid groups (broad SMARTS) is 1. The highest BCUT2D eigenvalue weighted by Crippen LogP contribution is 2.37. The molecule has 0 spiro atoms. The first kappa shape index (κ1) is 27.8. The molecule has 1 saturated carbocycles. The van der Waals surface area contributed by atoms with E-state index in [1.165, 1.54) is 6.42 Å². The molecule has 0 radical (unpaired) electrons. The van der Waals surface area contributed by atoms with Crippen LogP contribution in [0.4, 0.5) is 0 Å². The number of likely N-dealkylation sites (tertiary alicyclic amines) is 1. The van der Waals surface area contributed by atoms with Gasteiger partial charge in [-0.3, -0.25) is 9.59 Å². The van der Waals surface area contributed by atoms with Crippen LogP contribution in [0.25, 0.3) is 0 Å². The number of aliphatic carboxylic acids is 1. The van der Waals surface area contributed by atoms with Gasteiger partial charge in [-0.1, -0.05) is 44.3 Å². The van der Waals surface area contributed by atoms with Crippen LogP contribution in [0.15, 0.2) is 12.2 Å². The second kappa shape index (κ2) is 14.8. The van der Waals surface area contributed by atoms with Gasteiger partial charge in [0.15, 0.2) is 0 Å². The lowest BCUT2D eigenvalue weighted by molar-refractivity contribution is -0.137. The summed E-state index contributed by atoms with van der Waals surface area (Å²) in [6.07, 6.45) is 17.9. The minimum Gasteiger partial charge on any atom is -0.481 e. The lowest BCUT2D eigenvalue weighted by atomic mass is 9.87. The number of allylic oxidation sites excluding steroid dienone is 1. The van der Waals surface area contributed by atoms with Crippen molar-refractivity contribution in [1.82, 2.24) is 4.90 Å². The lowest BCUT2D eigenvalue weighted by Gasteiger charge is -2.26. The summed E-state index contributed by atoms with van der Waals surface area (Å²) in [5, 5.41) is 29.9. The van der Waals surface area contributed by atoms with Gasteiger partial charge in [0.2, 0.25) is 5.91 Å². The second-order valence-electron chi connectivity index (χ2n) is 10.5. The van der Waals surface area contributed by atoms with Crippen LogP contribution in [-0.4, -0.2) is 56.9 Å². The summed E-state index contributed by atoms with van der Waals surface area (Å²) in [5.74, 6) is 0.0516. The Morgan fingerprint density at radius 2 is 1.61 bits per heavy atom. The Labute approximate surface area is 200 Å². The molecule has 6 nitrogen and oxygen atoms in total. The number of piperidine rings is 1. The fraction of sp³-hybridized carbons (Fsp3) is 0.852. The van der Waals surface area contributed by atoms with E-state index < -0.39 is 11.6 Å². The maximum absolute atomic E-state index is 12.2. The molecule has 0 aromatic rings. The molecular formula is C27H47NO5. The molecule has 33 heavy (non-hydrogen) atoms. The van der Waals surface area contributed by atoms with E-state index in [1.807, 2.05) is 17.9 Å². The average molecular weight is 466 g/mol. The molecule has 3 N–H and O–H groups in total. The molecule has 4 atom stereocenters. The molecule has 6 heteroatoms. The van der Waals surface area contributed by atoms with Gasteiger partial charge >= 0.3 is 5.97 Å². The number of rotatable bonds is 15. The number of carboxylic acids is 1. The van der Waals surface area contributed by atoms with Crippen molar-refractivity contribution in [2.24, 2.45) is 11.8 Å². The Bertz CT molecular complexity index is 612. The molecule has 1 amide bonds. The van der Waals surface area contributed by atoms with Crippen molar-refractivity contribution in [3.63, 3.8) is 0 Å². The van der Waals surface area contributed by atoms with Gasteiger partial charge in [-0.2, -0.15) is 0 Å². The van der Waals surface area contributed by atoms with E-state index >= 15 is 0 Å². The van der Waals surface area contributed by atoms with Crippen molar-refractivity contribution < 1.29 is 24.9 Å². The van der Waals surface area contributed by atoms with Gasteiger partial charge in [-0.15, -0.1) is 0 Å². The molecular weight excluding hydrogens is 418 g/mol. The van der Waals surface area contributed by atoms with Gasteiger partial charge in [-0.05, 0) is 76.5 Å². The average Bonchev–Trinajstić information content (AvgIpc) is 3.14. The number of unbranched alkanes of at least 4 members (excludes halogenated alkanes) is 5. The van der Waals surface area contributed by atoms with Crippen LogP contribution in [0.3, 0.4) is 0 Å². The molecule has 2 fully saturated rings. The van der Waals surface area contributed by atoms with Crippen LogP contribution < -0.4 is 0 Å². The molecule has 0 aromatic carbocycles. The number of carbonyl (C=O) groups excluding carboxylic acids is 1. The minimum absolute atomic E-state index is 0.208. The molecule has 0 bridgehead atoms. The first-order valence-corrected chi connectivity index (χ1v) is 13.4. The molecule has 1 aliphatic carbocycles. The van der Waals surface area contributed by atoms with Gasteiger partial charge in [0, 0.05) is 25.9 Å². The first-order valence-electron chi connectivity index (χ1n) is 13.4. The number of carbonyl (C=O) groups is 2. The normalized spacial score (nSPS) is 25.4. The topological polar surface area (TPSA) is 98.1 Å². The summed E-state index contributed by atoms with van der Waals surface area (Å²) in [5.41, 5.74) is -0.844. The molecule has 2 aliphatic rings. The fourth-order valence-corrected chi connectivity index (χ4v) is 5.38. The predicted molar refractivity (Wildman–Crippen MR) is 131 cm³/mol. The van der Waals surface area contributed by atoms with Gasteiger partial charge < -0.3 is 20.2 Å². The van der Waals surface area contributed by atoms with Crippen LogP contribution in [0.1, 0.15) is 110 Å². The highest BCUT2D eigenvalue weighted by molar-refractivity contribution is 5.76. The van der Waals surface area contributed by atoms with Gasteiger partial charge in [-0.25, -0.2) is 0 Å².